The zero-order chi connectivity index (χ0) is 22.4. The quantitative estimate of drug-likeness (QED) is 0.535. The first kappa shape index (κ1) is 23.3. The van der Waals surface area contributed by atoms with E-state index in [9.17, 15) is 14.3 Å². The number of nitrogens with two attached hydrogens (primary N) is 1. The van der Waals surface area contributed by atoms with Crippen molar-refractivity contribution in [1.82, 2.24) is 10.2 Å². The number of likely N-dealkylation sites (tertiary alicyclic amines) is 1. The molecule has 8 heteroatoms. The summed E-state index contributed by atoms with van der Waals surface area (Å²) in [6.45, 7) is 3.02. The molecule has 0 bridgehead atoms. The Hall–Kier alpha value is -2.35. The number of anilines is 1. The number of hydrogen-bond donors (Lipinski definition) is 3. The molecular weight excluding hydrogens is 421 g/mol. The maximum Gasteiger partial charge on any atom is 0.255 e. The molecule has 2 aromatic carbocycles. The number of aliphatic hydroxyl groups is 1. The fourth-order valence-corrected chi connectivity index (χ4v) is 4.03. The number of piperidine rings is 1. The predicted molar refractivity (Wildman–Crippen MR) is 120 cm³/mol. The fraction of sp³-hybridized carbons (Fsp3) is 0.435. The second-order valence-electron chi connectivity index (χ2n) is 7.90. The first-order valence-corrected chi connectivity index (χ1v) is 10.8. The second kappa shape index (κ2) is 10.8. The van der Waals surface area contributed by atoms with Gasteiger partial charge in [0.15, 0.2) is 0 Å². The Morgan fingerprint density at radius 1 is 1.35 bits per heavy atom. The van der Waals surface area contributed by atoms with E-state index in [0.717, 1.165) is 25.9 Å². The second-order valence-corrected chi connectivity index (χ2v) is 8.30. The summed E-state index contributed by atoms with van der Waals surface area (Å²) >= 11 is 6.05. The highest BCUT2D eigenvalue weighted by Crippen LogP contribution is 2.29. The number of nitrogens with zero attached hydrogens (tertiary/aromatic N) is 1. The molecule has 1 heterocycles. The SMILES string of the molecule is COc1cc(N)c(Cl)cc1C(=O)NCC1CCN(CCC(O)c2ccccc2F)CC1. The number of hydrogen-bond acceptors (Lipinski definition) is 5. The first-order valence-electron chi connectivity index (χ1n) is 10.4. The number of carbonyl (C=O) groups excluding carboxylic acids is 1. The number of halogens is 2. The van der Waals surface area contributed by atoms with Crippen LogP contribution < -0.4 is 15.8 Å². The van der Waals surface area contributed by atoms with Gasteiger partial charge in [0.1, 0.15) is 11.6 Å². The van der Waals surface area contributed by atoms with E-state index >= 15 is 0 Å². The summed E-state index contributed by atoms with van der Waals surface area (Å²) in [4.78, 5) is 14.8. The van der Waals surface area contributed by atoms with Gasteiger partial charge in [-0.1, -0.05) is 29.8 Å². The standard InChI is InChI=1S/C23H29ClFN3O3/c1-31-22-13-20(26)18(24)12-17(22)23(30)27-14-15-6-9-28(10-7-15)11-8-21(29)16-4-2-3-5-19(16)25/h2-5,12-13,15,21,29H,6-11,14,26H2,1H3,(H,27,30). The van der Waals surface area contributed by atoms with Gasteiger partial charge in [0.25, 0.3) is 5.91 Å². The number of benzene rings is 2. The van der Waals surface area contributed by atoms with Gasteiger partial charge in [-0.15, -0.1) is 0 Å². The van der Waals surface area contributed by atoms with Crippen molar-refractivity contribution in [3.8, 4) is 5.75 Å². The highest BCUT2D eigenvalue weighted by molar-refractivity contribution is 6.33. The normalized spacial score (nSPS) is 16.1. The fourth-order valence-electron chi connectivity index (χ4n) is 3.87. The van der Waals surface area contributed by atoms with Gasteiger partial charge in [0.05, 0.1) is 29.5 Å². The molecule has 2 aromatic rings. The third kappa shape index (κ3) is 6.09. The van der Waals surface area contributed by atoms with E-state index in [2.05, 4.69) is 10.2 Å². The van der Waals surface area contributed by atoms with Crippen molar-refractivity contribution in [1.29, 1.82) is 0 Å². The van der Waals surface area contributed by atoms with Crippen molar-refractivity contribution in [2.45, 2.75) is 25.4 Å². The highest BCUT2D eigenvalue weighted by Gasteiger charge is 2.22. The number of nitrogen functional groups attached to an aromatic ring is 1. The summed E-state index contributed by atoms with van der Waals surface area (Å²) in [6, 6.07) is 9.41. The van der Waals surface area contributed by atoms with Crippen LogP contribution in [0.5, 0.6) is 5.75 Å². The maximum absolute atomic E-state index is 13.8. The summed E-state index contributed by atoms with van der Waals surface area (Å²) in [6.07, 6.45) is 1.56. The number of nitrogens with one attached hydrogen (secondary N) is 1. The van der Waals surface area contributed by atoms with Gasteiger partial charge in [-0.2, -0.15) is 0 Å². The molecule has 1 aliphatic rings. The van der Waals surface area contributed by atoms with Crippen LogP contribution in [0.15, 0.2) is 36.4 Å². The van der Waals surface area contributed by atoms with Crippen molar-refractivity contribution in [3.63, 3.8) is 0 Å². The number of ether oxygens (including phenoxy) is 1. The summed E-state index contributed by atoms with van der Waals surface area (Å²) in [5.41, 5.74) is 6.84. The van der Waals surface area contributed by atoms with E-state index < -0.39 is 6.10 Å². The molecule has 168 valence electrons. The number of methoxy groups -OCH3 is 1. The number of aliphatic hydroxyl groups excluding tert-OH is 1. The minimum Gasteiger partial charge on any atom is -0.496 e. The molecule has 0 radical (unpaired) electrons. The number of amides is 1. The largest absolute Gasteiger partial charge is 0.496 e. The Balaban J connectivity index is 1.43. The Morgan fingerprint density at radius 3 is 2.74 bits per heavy atom. The van der Waals surface area contributed by atoms with Crippen molar-refractivity contribution in [2.75, 3.05) is 39.0 Å². The molecule has 6 nitrogen and oxygen atoms in total. The molecule has 0 aliphatic carbocycles. The lowest BCUT2D eigenvalue weighted by Gasteiger charge is -2.32. The topological polar surface area (TPSA) is 87.8 Å². The molecule has 4 N–H and O–H groups in total. The van der Waals surface area contributed by atoms with E-state index in [-0.39, 0.29) is 11.7 Å². The van der Waals surface area contributed by atoms with E-state index in [0.29, 0.717) is 53.0 Å². The Labute approximate surface area is 187 Å². The Morgan fingerprint density at radius 2 is 2.06 bits per heavy atom. The summed E-state index contributed by atoms with van der Waals surface area (Å²) in [5, 5.41) is 13.6. The molecule has 31 heavy (non-hydrogen) atoms. The van der Waals surface area contributed by atoms with Crippen molar-refractivity contribution in [2.24, 2.45) is 5.92 Å². The molecule has 1 atom stereocenters. The third-order valence-electron chi connectivity index (χ3n) is 5.80. The Kier molecular flexibility index (Phi) is 8.12. The average molecular weight is 450 g/mol. The monoisotopic (exact) mass is 449 g/mol. The molecule has 1 fully saturated rings. The highest BCUT2D eigenvalue weighted by atomic mass is 35.5. The van der Waals surface area contributed by atoms with Crippen molar-refractivity contribution in [3.05, 3.63) is 58.4 Å². The summed E-state index contributed by atoms with van der Waals surface area (Å²) in [5.74, 6) is 0.146. The molecule has 1 unspecified atom stereocenters. The van der Waals surface area contributed by atoms with Crippen LogP contribution in [0.1, 0.15) is 41.3 Å². The van der Waals surface area contributed by atoms with Crippen LogP contribution in [0.2, 0.25) is 5.02 Å². The van der Waals surface area contributed by atoms with Crippen LogP contribution in [0.4, 0.5) is 10.1 Å². The van der Waals surface area contributed by atoms with Gasteiger partial charge in [-0.3, -0.25) is 4.79 Å². The van der Waals surface area contributed by atoms with E-state index in [1.54, 1.807) is 24.3 Å². The molecule has 0 spiro atoms. The molecule has 0 saturated carbocycles. The lowest BCUT2D eigenvalue weighted by molar-refractivity contribution is 0.0924. The van der Waals surface area contributed by atoms with Crippen molar-refractivity contribution < 1.29 is 19.0 Å². The van der Waals surface area contributed by atoms with Gasteiger partial charge < -0.3 is 25.8 Å². The number of rotatable bonds is 8. The van der Waals surface area contributed by atoms with Crippen molar-refractivity contribution >= 4 is 23.2 Å². The van der Waals surface area contributed by atoms with Crippen LogP contribution in [0, 0.1) is 11.7 Å². The third-order valence-corrected chi connectivity index (χ3v) is 6.13. The Bertz CT molecular complexity index is 904. The van der Waals surface area contributed by atoms with Gasteiger partial charge in [0.2, 0.25) is 0 Å². The van der Waals surface area contributed by atoms with E-state index in [1.807, 2.05) is 0 Å². The molecule has 1 amide bonds. The lowest BCUT2D eigenvalue weighted by Crippen LogP contribution is -2.39. The molecule has 1 aliphatic heterocycles. The smallest absolute Gasteiger partial charge is 0.255 e. The molecule has 1 saturated heterocycles. The summed E-state index contributed by atoms with van der Waals surface area (Å²) < 4.78 is 19.0. The minimum atomic E-state index is -0.806. The van der Waals surface area contributed by atoms with Gasteiger partial charge >= 0.3 is 0 Å². The van der Waals surface area contributed by atoms with Crippen LogP contribution in [0.25, 0.3) is 0 Å². The van der Waals surface area contributed by atoms with Gasteiger partial charge in [0, 0.05) is 24.7 Å². The van der Waals surface area contributed by atoms with E-state index in [1.165, 1.54) is 19.2 Å². The molecule has 0 aromatic heterocycles. The van der Waals surface area contributed by atoms with E-state index in [4.69, 9.17) is 22.1 Å². The van der Waals surface area contributed by atoms with Crippen LogP contribution in [-0.4, -0.2) is 49.2 Å². The average Bonchev–Trinajstić information content (AvgIpc) is 2.78. The first-order chi connectivity index (χ1) is 14.9. The lowest BCUT2D eigenvalue weighted by atomic mass is 9.96. The number of carbonyl (C=O) groups is 1. The molecule has 3 rings (SSSR count). The van der Waals surface area contributed by atoms with Crippen LogP contribution >= 0.6 is 11.6 Å². The minimum absolute atomic E-state index is 0.241. The summed E-state index contributed by atoms with van der Waals surface area (Å²) in [7, 11) is 1.48. The van der Waals surface area contributed by atoms with Crippen LogP contribution in [0.3, 0.4) is 0 Å². The maximum atomic E-state index is 13.8. The van der Waals surface area contributed by atoms with Crippen LogP contribution in [-0.2, 0) is 0 Å². The van der Waals surface area contributed by atoms with Gasteiger partial charge in [-0.25, -0.2) is 4.39 Å². The zero-order valence-corrected chi connectivity index (χ0v) is 18.4. The molecular formula is C23H29ClFN3O3. The zero-order valence-electron chi connectivity index (χ0n) is 17.6. The predicted octanol–water partition coefficient (Wildman–Crippen LogP) is 3.64. The van der Waals surface area contributed by atoms with Gasteiger partial charge in [-0.05, 0) is 50.4 Å².